The molecule has 2 rings (SSSR count). The predicted molar refractivity (Wildman–Crippen MR) is 71.7 cm³/mol. The van der Waals surface area contributed by atoms with Gasteiger partial charge in [0, 0.05) is 13.6 Å². The first-order chi connectivity index (χ1) is 9.45. The fourth-order valence-corrected chi connectivity index (χ4v) is 1.95. The van der Waals surface area contributed by atoms with Crippen LogP contribution >= 0.6 is 0 Å². The fraction of sp³-hybridized carbons (Fsp3) is 0.286. The van der Waals surface area contributed by atoms with Crippen LogP contribution < -0.4 is 10.9 Å². The summed E-state index contributed by atoms with van der Waals surface area (Å²) in [6.07, 6.45) is 0.757. The van der Waals surface area contributed by atoms with Crippen molar-refractivity contribution in [3.63, 3.8) is 0 Å². The Kier molecular flexibility index (Phi) is 3.83. The SMILES string of the molecule is CCCNC(=O)c1cc2cc(F)c(F)cc2c(=O)n1C. The van der Waals surface area contributed by atoms with Gasteiger partial charge in [0.1, 0.15) is 5.69 Å². The maximum Gasteiger partial charge on any atom is 0.268 e. The van der Waals surface area contributed by atoms with Crippen LogP contribution in [0, 0.1) is 11.6 Å². The van der Waals surface area contributed by atoms with Gasteiger partial charge >= 0.3 is 0 Å². The molecule has 106 valence electrons. The van der Waals surface area contributed by atoms with Crippen LogP contribution in [-0.4, -0.2) is 17.0 Å². The molecule has 0 aliphatic rings. The second-order valence-corrected chi connectivity index (χ2v) is 4.50. The van der Waals surface area contributed by atoms with Gasteiger partial charge in [-0.3, -0.25) is 9.59 Å². The van der Waals surface area contributed by atoms with Crippen LogP contribution in [0.2, 0.25) is 0 Å². The molecule has 0 bridgehead atoms. The minimum Gasteiger partial charge on any atom is -0.351 e. The zero-order valence-corrected chi connectivity index (χ0v) is 11.2. The molecule has 0 spiro atoms. The lowest BCUT2D eigenvalue weighted by atomic mass is 10.1. The van der Waals surface area contributed by atoms with Crippen molar-refractivity contribution in [2.45, 2.75) is 13.3 Å². The van der Waals surface area contributed by atoms with E-state index in [-0.39, 0.29) is 16.5 Å². The van der Waals surface area contributed by atoms with E-state index in [0.717, 1.165) is 23.1 Å². The average Bonchev–Trinajstić information content (AvgIpc) is 2.42. The van der Waals surface area contributed by atoms with Crippen LogP contribution in [0.3, 0.4) is 0 Å². The Labute approximate surface area is 114 Å². The first kappa shape index (κ1) is 14.2. The first-order valence-electron chi connectivity index (χ1n) is 6.22. The van der Waals surface area contributed by atoms with Crippen LogP contribution in [0.4, 0.5) is 8.78 Å². The van der Waals surface area contributed by atoms with Gasteiger partial charge in [-0.2, -0.15) is 0 Å². The minimum atomic E-state index is -1.09. The van der Waals surface area contributed by atoms with E-state index in [4.69, 9.17) is 0 Å². The quantitative estimate of drug-likeness (QED) is 0.934. The highest BCUT2D eigenvalue weighted by Gasteiger charge is 2.15. The molecular weight excluding hydrogens is 266 g/mol. The van der Waals surface area contributed by atoms with E-state index in [1.54, 1.807) is 0 Å². The summed E-state index contributed by atoms with van der Waals surface area (Å²) in [5.41, 5.74) is -0.426. The summed E-state index contributed by atoms with van der Waals surface area (Å²) in [7, 11) is 1.42. The number of carbonyl (C=O) groups excluding carboxylic acids is 1. The number of amides is 1. The van der Waals surface area contributed by atoms with Gasteiger partial charge in [0.15, 0.2) is 11.6 Å². The first-order valence-corrected chi connectivity index (χ1v) is 6.22. The van der Waals surface area contributed by atoms with Crippen LogP contribution in [0.25, 0.3) is 10.8 Å². The van der Waals surface area contributed by atoms with Gasteiger partial charge in [0.05, 0.1) is 5.39 Å². The number of carbonyl (C=O) groups is 1. The van der Waals surface area contributed by atoms with Gasteiger partial charge in [0.25, 0.3) is 11.5 Å². The predicted octanol–water partition coefficient (Wildman–Crippen LogP) is 1.96. The lowest BCUT2D eigenvalue weighted by Crippen LogP contribution is -2.31. The van der Waals surface area contributed by atoms with Gasteiger partial charge < -0.3 is 9.88 Å². The van der Waals surface area contributed by atoms with Crippen molar-refractivity contribution in [1.29, 1.82) is 0 Å². The molecule has 20 heavy (non-hydrogen) atoms. The average molecular weight is 280 g/mol. The number of hydrogen-bond donors (Lipinski definition) is 1. The highest BCUT2D eigenvalue weighted by Crippen LogP contribution is 2.16. The van der Waals surface area contributed by atoms with Crippen LogP contribution in [0.5, 0.6) is 0 Å². The van der Waals surface area contributed by atoms with E-state index in [9.17, 15) is 18.4 Å². The Morgan fingerprint density at radius 3 is 2.55 bits per heavy atom. The lowest BCUT2D eigenvalue weighted by molar-refractivity contribution is 0.0944. The number of hydrogen-bond acceptors (Lipinski definition) is 2. The summed E-state index contributed by atoms with van der Waals surface area (Å²) in [6.45, 7) is 2.38. The molecule has 1 aromatic carbocycles. The number of fused-ring (bicyclic) bond motifs is 1. The molecule has 1 heterocycles. The zero-order valence-electron chi connectivity index (χ0n) is 11.2. The third-order valence-electron chi connectivity index (χ3n) is 3.05. The smallest absolute Gasteiger partial charge is 0.268 e. The molecule has 0 unspecified atom stereocenters. The third kappa shape index (κ3) is 2.41. The van der Waals surface area contributed by atoms with Gasteiger partial charge in [0.2, 0.25) is 0 Å². The Hall–Kier alpha value is -2.24. The number of pyridine rings is 1. The van der Waals surface area contributed by atoms with Crippen molar-refractivity contribution < 1.29 is 13.6 Å². The highest BCUT2D eigenvalue weighted by atomic mass is 19.2. The van der Waals surface area contributed by atoms with Crippen molar-refractivity contribution >= 4 is 16.7 Å². The number of aromatic nitrogens is 1. The number of rotatable bonds is 3. The van der Waals surface area contributed by atoms with Gasteiger partial charge in [-0.15, -0.1) is 0 Å². The molecule has 2 aromatic rings. The largest absolute Gasteiger partial charge is 0.351 e. The molecule has 1 amide bonds. The monoisotopic (exact) mass is 280 g/mol. The van der Waals surface area contributed by atoms with E-state index < -0.39 is 23.1 Å². The highest BCUT2D eigenvalue weighted by molar-refractivity contribution is 5.96. The topological polar surface area (TPSA) is 51.1 Å². The second-order valence-electron chi connectivity index (χ2n) is 4.50. The summed E-state index contributed by atoms with van der Waals surface area (Å²) < 4.78 is 27.5. The lowest BCUT2D eigenvalue weighted by Gasteiger charge is -2.10. The molecule has 0 aliphatic heterocycles. The molecule has 0 atom stereocenters. The van der Waals surface area contributed by atoms with Gasteiger partial charge in [-0.05, 0) is 30.0 Å². The van der Waals surface area contributed by atoms with Crippen molar-refractivity contribution in [2.75, 3.05) is 6.54 Å². The molecule has 0 saturated carbocycles. The Bertz CT molecular complexity index is 738. The summed E-state index contributed by atoms with van der Waals surface area (Å²) in [5.74, 6) is -2.55. The Morgan fingerprint density at radius 2 is 1.90 bits per heavy atom. The Morgan fingerprint density at radius 1 is 1.25 bits per heavy atom. The fourth-order valence-electron chi connectivity index (χ4n) is 1.95. The maximum atomic E-state index is 13.2. The molecule has 1 aromatic heterocycles. The van der Waals surface area contributed by atoms with Crippen molar-refractivity contribution in [2.24, 2.45) is 7.05 Å². The third-order valence-corrected chi connectivity index (χ3v) is 3.05. The molecule has 0 radical (unpaired) electrons. The second kappa shape index (κ2) is 5.40. The van der Waals surface area contributed by atoms with Crippen molar-refractivity contribution in [3.05, 3.63) is 45.9 Å². The van der Waals surface area contributed by atoms with E-state index >= 15 is 0 Å². The molecule has 0 aliphatic carbocycles. The normalized spacial score (nSPS) is 10.8. The van der Waals surface area contributed by atoms with Gasteiger partial charge in [-0.25, -0.2) is 8.78 Å². The minimum absolute atomic E-state index is 0.0402. The van der Waals surface area contributed by atoms with E-state index in [0.29, 0.717) is 6.54 Å². The number of halogens is 2. The van der Waals surface area contributed by atoms with E-state index in [1.807, 2.05) is 6.92 Å². The number of nitrogens with one attached hydrogen (secondary N) is 1. The summed E-state index contributed by atoms with van der Waals surface area (Å²) >= 11 is 0. The zero-order chi connectivity index (χ0) is 14.9. The molecule has 6 heteroatoms. The number of nitrogens with zero attached hydrogens (tertiary/aromatic N) is 1. The van der Waals surface area contributed by atoms with Crippen LogP contribution in [-0.2, 0) is 7.05 Å². The molecule has 1 N–H and O–H groups in total. The molecule has 4 nitrogen and oxygen atoms in total. The molecular formula is C14H14F2N2O2. The molecule has 0 fully saturated rings. The van der Waals surface area contributed by atoms with Crippen LogP contribution in [0.1, 0.15) is 23.8 Å². The standard InChI is InChI=1S/C14H14F2N2O2/c1-3-4-17-13(19)12-6-8-5-10(15)11(16)7-9(8)14(20)18(12)2/h5-7H,3-4H2,1-2H3,(H,17,19). The summed E-state index contributed by atoms with van der Waals surface area (Å²) in [4.78, 5) is 24.0. The van der Waals surface area contributed by atoms with Crippen molar-refractivity contribution in [1.82, 2.24) is 9.88 Å². The maximum absolute atomic E-state index is 13.2. The van der Waals surface area contributed by atoms with E-state index in [1.165, 1.54) is 13.1 Å². The van der Waals surface area contributed by atoms with E-state index in [2.05, 4.69) is 5.32 Å². The van der Waals surface area contributed by atoms with Crippen LogP contribution in [0.15, 0.2) is 23.0 Å². The number of benzene rings is 1. The molecule has 0 saturated heterocycles. The van der Waals surface area contributed by atoms with Gasteiger partial charge in [-0.1, -0.05) is 6.92 Å². The van der Waals surface area contributed by atoms with Crippen molar-refractivity contribution in [3.8, 4) is 0 Å². The summed E-state index contributed by atoms with van der Waals surface area (Å²) in [5, 5.41) is 2.88. The summed E-state index contributed by atoms with van der Waals surface area (Å²) in [6, 6.07) is 3.15. The Balaban J connectivity index is 2.64.